The van der Waals surface area contributed by atoms with Gasteiger partial charge in [-0.1, -0.05) is 25.5 Å². The van der Waals surface area contributed by atoms with Crippen molar-refractivity contribution in [1.29, 1.82) is 0 Å². The number of nitrogens with one attached hydrogen (secondary N) is 1. The van der Waals surface area contributed by atoms with Crippen molar-refractivity contribution in [2.75, 3.05) is 0 Å². The van der Waals surface area contributed by atoms with Crippen molar-refractivity contribution in [3.63, 3.8) is 0 Å². The lowest BCUT2D eigenvalue weighted by atomic mass is 10.1. The summed E-state index contributed by atoms with van der Waals surface area (Å²) in [7, 11) is 0. The van der Waals surface area contributed by atoms with Gasteiger partial charge in [0.2, 0.25) is 0 Å². The van der Waals surface area contributed by atoms with E-state index < -0.39 is 0 Å². The van der Waals surface area contributed by atoms with Crippen LogP contribution in [-0.4, -0.2) is 19.6 Å². The second kappa shape index (κ2) is 6.66. The first-order valence-corrected chi connectivity index (χ1v) is 7.75. The number of hydrogen-bond acceptors (Lipinski definition) is 4. The summed E-state index contributed by atoms with van der Waals surface area (Å²) in [6, 6.07) is 10.4. The molecule has 0 amide bonds. The molecule has 0 aliphatic heterocycles. The van der Waals surface area contributed by atoms with Gasteiger partial charge in [0.25, 0.3) is 0 Å². The standard InChI is InChI=1S/C17H21N5/c1-3-7-15(19-13(2)14-8-6-10-18-12-14)17-21-20-16-9-4-5-11-22(16)17/h4-6,8-13,15,19H,3,7H2,1-2H3/t13-,15+/m1/s1. The quantitative estimate of drug-likeness (QED) is 0.758. The zero-order chi connectivity index (χ0) is 15.4. The molecule has 0 fully saturated rings. The van der Waals surface area contributed by atoms with Crippen LogP contribution in [0.2, 0.25) is 0 Å². The van der Waals surface area contributed by atoms with E-state index in [0.717, 1.165) is 24.3 Å². The maximum Gasteiger partial charge on any atom is 0.160 e. The molecule has 0 saturated heterocycles. The van der Waals surface area contributed by atoms with Crippen molar-refractivity contribution in [3.05, 3.63) is 60.3 Å². The smallest absolute Gasteiger partial charge is 0.160 e. The molecule has 3 heterocycles. The zero-order valence-corrected chi connectivity index (χ0v) is 13.0. The summed E-state index contributed by atoms with van der Waals surface area (Å²) in [5.41, 5.74) is 2.06. The van der Waals surface area contributed by atoms with Crippen LogP contribution < -0.4 is 5.32 Å². The van der Waals surface area contributed by atoms with Gasteiger partial charge in [-0.3, -0.25) is 9.38 Å². The highest BCUT2D eigenvalue weighted by molar-refractivity contribution is 5.37. The van der Waals surface area contributed by atoms with E-state index in [0.29, 0.717) is 0 Å². The number of fused-ring (bicyclic) bond motifs is 1. The number of pyridine rings is 2. The van der Waals surface area contributed by atoms with Crippen molar-refractivity contribution in [2.45, 2.75) is 38.8 Å². The second-order valence-corrected chi connectivity index (χ2v) is 5.50. The highest BCUT2D eigenvalue weighted by Crippen LogP contribution is 2.22. The molecule has 3 rings (SSSR count). The minimum atomic E-state index is 0.164. The van der Waals surface area contributed by atoms with Gasteiger partial charge < -0.3 is 5.32 Å². The fourth-order valence-electron chi connectivity index (χ4n) is 2.70. The molecule has 0 saturated carbocycles. The van der Waals surface area contributed by atoms with Crippen molar-refractivity contribution in [2.24, 2.45) is 0 Å². The van der Waals surface area contributed by atoms with E-state index in [4.69, 9.17) is 0 Å². The fourth-order valence-corrected chi connectivity index (χ4v) is 2.70. The first-order chi connectivity index (χ1) is 10.8. The van der Waals surface area contributed by atoms with E-state index in [1.807, 2.05) is 36.7 Å². The van der Waals surface area contributed by atoms with Crippen LogP contribution in [0, 0.1) is 0 Å². The molecule has 5 heteroatoms. The van der Waals surface area contributed by atoms with Gasteiger partial charge in [-0.2, -0.15) is 0 Å². The van der Waals surface area contributed by atoms with E-state index in [1.54, 1.807) is 6.20 Å². The van der Waals surface area contributed by atoms with Crippen LogP contribution in [-0.2, 0) is 0 Å². The Morgan fingerprint density at radius 3 is 2.86 bits per heavy atom. The summed E-state index contributed by atoms with van der Waals surface area (Å²) >= 11 is 0. The van der Waals surface area contributed by atoms with E-state index in [2.05, 4.69) is 44.8 Å². The first-order valence-electron chi connectivity index (χ1n) is 7.75. The van der Waals surface area contributed by atoms with Crippen LogP contribution in [0.4, 0.5) is 0 Å². The fraction of sp³-hybridized carbons (Fsp3) is 0.353. The molecular formula is C17H21N5. The lowest BCUT2D eigenvalue weighted by molar-refractivity contribution is 0.419. The van der Waals surface area contributed by atoms with E-state index in [9.17, 15) is 0 Å². The van der Waals surface area contributed by atoms with Crippen LogP contribution >= 0.6 is 0 Å². The summed E-state index contributed by atoms with van der Waals surface area (Å²) in [4.78, 5) is 4.20. The molecule has 0 spiro atoms. The Bertz CT molecular complexity index is 722. The predicted molar refractivity (Wildman–Crippen MR) is 86.4 cm³/mol. The van der Waals surface area contributed by atoms with Gasteiger partial charge >= 0.3 is 0 Å². The monoisotopic (exact) mass is 295 g/mol. The average Bonchev–Trinajstić information content (AvgIpc) is 2.99. The number of rotatable bonds is 6. The van der Waals surface area contributed by atoms with Gasteiger partial charge in [-0.05, 0) is 37.1 Å². The van der Waals surface area contributed by atoms with E-state index in [1.165, 1.54) is 5.56 Å². The van der Waals surface area contributed by atoms with Crippen molar-refractivity contribution < 1.29 is 0 Å². The van der Waals surface area contributed by atoms with Gasteiger partial charge in [0, 0.05) is 24.6 Å². The van der Waals surface area contributed by atoms with Crippen LogP contribution in [0.25, 0.3) is 5.65 Å². The molecule has 1 N–H and O–H groups in total. The van der Waals surface area contributed by atoms with Gasteiger partial charge in [-0.25, -0.2) is 0 Å². The number of nitrogens with zero attached hydrogens (tertiary/aromatic N) is 4. The Kier molecular flexibility index (Phi) is 4.44. The van der Waals surface area contributed by atoms with E-state index in [-0.39, 0.29) is 12.1 Å². The SMILES string of the molecule is CCC[C@H](N[C@H](C)c1cccnc1)c1nnc2ccccn12. The van der Waals surface area contributed by atoms with Crippen molar-refractivity contribution in [3.8, 4) is 0 Å². The summed E-state index contributed by atoms with van der Waals surface area (Å²) in [5.74, 6) is 0.966. The Balaban J connectivity index is 1.86. The Hall–Kier alpha value is -2.27. The van der Waals surface area contributed by atoms with Crippen LogP contribution in [0.15, 0.2) is 48.9 Å². The predicted octanol–water partition coefficient (Wildman–Crippen LogP) is 3.32. The molecule has 5 nitrogen and oxygen atoms in total. The highest BCUT2D eigenvalue weighted by Gasteiger charge is 2.19. The largest absolute Gasteiger partial charge is 0.301 e. The first kappa shape index (κ1) is 14.7. The third-order valence-corrected chi connectivity index (χ3v) is 3.86. The van der Waals surface area contributed by atoms with Gasteiger partial charge in [0.1, 0.15) is 0 Å². The minimum absolute atomic E-state index is 0.164. The lowest BCUT2D eigenvalue weighted by Crippen LogP contribution is -2.26. The molecule has 0 radical (unpaired) electrons. The topological polar surface area (TPSA) is 55.1 Å². The Morgan fingerprint density at radius 1 is 1.18 bits per heavy atom. The lowest BCUT2D eigenvalue weighted by Gasteiger charge is -2.22. The van der Waals surface area contributed by atoms with Gasteiger partial charge in [0.15, 0.2) is 11.5 Å². The third kappa shape index (κ3) is 2.99. The summed E-state index contributed by atoms with van der Waals surface area (Å²) < 4.78 is 2.06. The Morgan fingerprint density at radius 2 is 2.09 bits per heavy atom. The molecule has 3 aromatic heterocycles. The molecule has 2 atom stereocenters. The van der Waals surface area contributed by atoms with Crippen molar-refractivity contribution >= 4 is 5.65 Å². The summed E-state index contributed by atoms with van der Waals surface area (Å²) in [6.07, 6.45) is 7.82. The molecular weight excluding hydrogens is 274 g/mol. The molecule has 0 aliphatic carbocycles. The van der Waals surface area contributed by atoms with Gasteiger partial charge in [-0.15, -0.1) is 10.2 Å². The molecule has 0 aliphatic rings. The molecule has 3 aromatic rings. The van der Waals surface area contributed by atoms with Crippen molar-refractivity contribution in [1.82, 2.24) is 24.9 Å². The maximum absolute atomic E-state index is 4.40. The molecule has 0 aromatic carbocycles. The van der Waals surface area contributed by atoms with Crippen LogP contribution in [0.5, 0.6) is 0 Å². The average molecular weight is 295 g/mol. The maximum atomic E-state index is 4.40. The minimum Gasteiger partial charge on any atom is -0.301 e. The van der Waals surface area contributed by atoms with Crippen LogP contribution in [0.3, 0.4) is 0 Å². The second-order valence-electron chi connectivity index (χ2n) is 5.50. The number of hydrogen-bond donors (Lipinski definition) is 1. The summed E-state index contributed by atoms with van der Waals surface area (Å²) in [5, 5.41) is 12.3. The third-order valence-electron chi connectivity index (χ3n) is 3.86. The molecule has 22 heavy (non-hydrogen) atoms. The molecule has 0 unspecified atom stereocenters. The molecule has 114 valence electrons. The Labute approximate surface area is 130 Å². The zero-order valence-electron chi connectivity index (χ0n) is 13.0. The summed E-state index contributed by atoms with van der Waals surface area (Å²) in [6.45, 7) is 4.34. The van der Waals surface area contributed by atoms with E-state index >= 15 is 0 Å². The highest BCUT2D eigenvalue weighted by atomic mass is 15.3. The normalized spacial score (nSPS) is 14.1. The van der Waals surface area contributed by atoms with Crippen LogP contribution in [0.1, 0.15) is 50.2 Å². The number of aromatic nitrogens is 4. The molecule has 0 bridgehead atoms. The van der Waals surface area contributed by atoms with Gasteiger partial charge in [0.05, 0.1) is 6.04 Å².